The van der Waals surface area contributed by atoms with Crippen molar-refractivity contribution in [2.24, 2.45) is 0 Å². The van der Waals surface area contributed by atoms with E-state index in [0.717, 1.165) is 31.2 Å². The van der Waals surface area contributed by atoms with Gasteiger partial charge in [0.05, 0.1) is 27.6 Å². The summed E-state index contributed by atoms with van der Waals surface area (Å²) >= 11 is 6.15. The van der Waals surface area contributed by atoms with Crippen molar-refractivity contribution in [3.05, 3.63) is 88.4 Å². The summed E-state index contributed by atoms with van der Waals surface area (Å²) in [5.74, 6) is -0.727. The lowest BCUT2D eigenvalue weighted by atomic mass is 10.1. The molecule has 0 unspecified atom stereocenters. The predicted octanol–water partition coefficient (Wildman–Crippen LogP) is 5.01. The number of hydrogen-bond donors (Lipinski definition) is 1. The number of rotatable bonds is 4. The minimum atomic E-state index is -3.99. The van der Waals surface area contributed by atoms with Gasteiger partial charge in [-0.15, -0.1) is 0 Å². The molecule has 1 heterocycles. The Morgan fingerprint density at radius 2 is 1.74 bits per heavy atom. The number of hydrogen-bond acceptors (Lipinski definition) is 4. The second-order valence-corrected chi connectivity index (χ2v) is 11.0. The van der Waals surface area contributed by atoms with Crippen LogP contribution >= 0.6 is 11.6 Å². The van der Waals surface area contributed by atoms with Crippen LogP contribution in [0.15, 0.2) is 76.5 Å². The molecule has 174 valence electrons. The van der Waals surface area contributed by atoms with Gasteiger partial charge in [-0.05, 0) is 60.9 Å². The van der Waals surface area contributed by atoms with Crippen LogP contribution in [-0.2, 0) is 16.4 Å². The van der Waals surface area contributed by atoms with Gasteiger partial charge in [0.25, 0.3) is 11.8 Å². The molecule has 0 saturated heterocycles. The number of anilines is 1. The average molecular weight is 495 g/mol. The molecule has 1 aliphatic carbocycles. The Bertz CT molecular complexity index is 1400. The maximum Gasteiger partial charge on any atom is 0.259 e. The number of benzene rings is 3. The first-order chi connectivity index (χ1) is 16.3. The van der Waals surface area contributed by atoms with Crippen molar-refractivity contribution >= 4 is 38.9 Å². The largest absolute Gasteiger partial charge is 0.349 e. The number of carbonyl (C=O) groups excluding carboxylic acids is 2. The van der Waals surface area contributed by atoms with Gasteiger partial charge in [-0.25, -0.2) is 8.42 Å². The maximum atomic E-state index is 13.7. The third-order valence-electron chi connectivity index (χ3n) is 6.37. The first-order valence-electron chi connectivity index (χ1n) is 11.2. The molecule has 5 rings (SSSR count). The van der Waals surface area contributed by atoms with Crippen molar-refractivity contribution in [2.45, 2.75) is 48.1 Å². The third-order valence-corrected chi connectivity index (χ3v) is 8.47. The van der Waals surface area contributed by atoms with E-state index in [1.165, 1.54) is 35.2 Å². The van der Waals surface area contributed by atoms with E-state index >= 15 is 0 Å². The molecule has 0 atom stereocenters. The van der Waals surface area contributed by atoms with Gasteiger partial charge in [-0.2, -0.15) is 0 Å². The average Bonchev–Trinajstić information content (AvgIpc) is 3.33. The standard InChI is InChI=1S/C26H23ClN2O4S/c27-19-7-5-6-17(14-19)16-29-22-15-18(25(30)28-20-8-1-2-9-20)12-13-24(22)34(32,33)23-11-4-3-10-21(23)26(29)31/h3-7,10-15,20H,1-2,8-9,16H2,(H,28,30). The molecule has 3 aromatic rings. The smallest absolute Gasteiger partial charge is 0.259 e. The van der Waals surface area contributed by atoms with Crippen molar-refractivity contribution in [1.82, 2.24) is 5.32 Å². The SMILES string of the molecule is O=C(NC1CCCC1)c1ccc2c(c1)N(Cc1cccc(Cl)c1)C(=O)c1ccccc1S2(=O)=O. The molecule has 1 N–H and O–H groups in total. The van der Waals surface area contributed by atoms with Gasteiger partial charge in [-0.3, -0.25) is 9.59 Å². The Kier molecular flexibility index (Phi) is 5.91. The quantitative estimate of drug-likeness (QED) is 0.553. The van der Waals surface area contributed by atoms with E-state index in [0.29, 0.717) is 10.6 Å². The number of nitrogens with zero attached hydrogens (tertiary/aromatic N) is 1. The summed E-state index contributed by atoms with van der Waals surface area (Å²) in [5.41, 5.74) is 1.33. The van der Waals surface area contributed by atoms with Crippen LogP contribution in [0, 0.1) is 0 Å². The molecule has 0 aromatic heterocycles. The summed E-state index contributed by atoms with van der Waals surface area (Å²) in [7, 11) is -3.99. The Balaban J connectivity index is 1.64. The first kappa shape index (κ1) is 22.6. The highest BCUT2D eigenvalue weighted by Gasteiger charge is 2.36. The molecule has 0 bridgehead atoms. The van der Waals surface area contributed by atoms with Crippen molar-refractivity contribution in [3.8, 4) is 0 Å². The van der Waals surface area contributed by atoms with Crippen molar-refractivity contribution < 1.29 is 18.0 Å². The van der Waals surface area contributed by atoms with Gasteiger partial charge >= 0.3 is 0 Å². The zero-order valence-electron chi connectivity index (χ0n) is 18.3. The molecular formula is C26H23ClN2O4S. The van der Waals surface area contributed by atoms with E-state index in [-0.39, 0.29) is 39.5 Å². The minimum Gasteiger partial charge on any atom is -0.349 e. The van der Waals surface area contributed by atoms with Crippen LogP contribution in [0.3, 0.4) is 0 Å². The number of fused-ring (bicyclic) bond motifs is 2. The topological polar surface area (TPSA) is 83.6 Å². The van der Waals surface area contributed by atoms with Gasteiger partial charge in [0.1, 0.15) is 0 Å². The fourth-order valence-electron chi connectivity index (χ4n) is 4.66. The first-order valence-corrected chi connectivity index (χ1v) is 13.1. The summed E-state index contributed by atoms with van der Waals surface area (Å²) in [5, 5.41) is 3.54. The zero-order valence-corrected chi connectivity index (χ0v) is 19.9. The van der Waals surface area contributed by atoms with E-state index in [1.807, 2.05) is 6.07 Å². The Hall–Kier alpha value is -3.16. The highest BCUT2D eigenvalue weighted by Crippen LogP contribution is 2.38. The lowest BCUT2D eigenvalue weighted by Gasteiger charge is -2.24. The van der Waals surface area contributed by atoms with E-state index < -0.39 is 15.7 Å². The molecule has 3 aromatic carbocycles. The number of carbonyl (C=O) groups is 2. The number of nitrogens with one attached hydrogen (secondary N) is 1. The van der Waals surface area contributed by atoms with Crippen molar-refractivity contribution in [2.75, 3.05) is 4.90 Å². The van der Waals surface area contributed by atoms with Crippen molar-refractivity contribution in [3.63, 3.8) is 0 Å². The van der Waals surface area contributed by atoms with Crippen LogP contribution in [0.5, 0.6) is 0 Å². The summed E-state index contributed by atoms with van der Waals surface area (Å²) < 4.78 is 27.1. The molecule has 1 saturated carbocycles. The van der Waals surface area contributed by atoms with Gasteiger partial charge in [0.2, 0.25) is 9.84 Å². The fourth-order valence-corrected chi connectivity index (χ4v) is 6.51. The number of sulfone groups is 1. The molecule has 2 amide bonds. The molecule has 34 heavy (non-hydrogen) atoms. The van der Waals surface area contributed by atoms with E-state index in [1.54, 1.807) is 30.3 Å². The summed E-state index contributed by atoms with van der Waals surface area (Å²) in [4.78, 5) is 28.0. The van der Waals surface area contributed by atoms with Crippen LogP contribution in [0.25, 0.3) is 0 Å². The predicted molar refractivity (Wildman–Crippen MR) is 130 cm³/mol. The Labute approximate surface area is 203 Å². The number of halogens is 1. The molecule has 0 spiro atoms. The monoisotopic (exact) mass is 494 g/mol. The van der Waals surface area contributed by atoms with E-state index in [4.69, 9.17) is 11.6 Å². The van der Waals surface area contributed by atoms with Gasteiger partial charge < -0.3 is 10.2 Å². The second-order valence-electron chi connectivity index (χ2n) is 8.66. The second kappa shape index (κ2) is 8.89. The lowest BCUT2D eigenvalue weighted by Crippen LogP contribution is -2.33. The van der Waals surface area contributed by atoms with E-state index in [9.17, 15) is 18.0 Å². The molecule has 1 fully saturated rings. The Morgan fingerprint density at radius 1 is 0.971 bits per heavy atom. The minimum absolute atomic E-state index is 0.00903. The molecule has 1 aliphatic heterocycles. The molecule has 0 radical (unpaired) electrons. The molecule has 6 nitrogen and oxygen atoms in total. The van der Waals surface area contributed by atoms with Gasteiger partial charge in [-0.1, -0.05) is 48.7 Å². The van der Waals surface area contributed by atoms with Crippen LogP contribution in [0.2, 0.25) is 5.02 Å². The molecule has 2 aliphatic rings. The number of amides is 2. The van der Waals surface area contributed by atoms with Crippen LogP contribution in [0.4, 0.5) is 5.69 Å². The third kappa shape index (κ3) is 4.10. The van der Waals surface area contributed by atoms with Crippen LogP contribution in [0.1, 0.15) is 52.0 Å². The fraction of sp³-hybridized carbons (Fsp3) is 0.231. The van der Waals surface area contributed by atoms with Crippen LogP contribution < -0.4 is 10.2 Å². The summed E-state index contributed by atoms with van der Waals surface area (Å²) in [6.07, 6.45) is 4.01. The highest BCUT2D eigenvalue weighted by atomic mass is 35.5. The van der Waals surface area contributed by atoms with Crippen LogP contribution in [-0.4, -0.2) is 26.3 Å². The summed E-state index contributed by atoms with van der Waals surface area (Å²) in [6, 6.07) is 17.8. The van der Waals surface area contributed by atoms with Gasteiger partial charge in [0, 0.05) is 16.6 Å². The van der Waals surface area contributed by atoms with Gasteiger partial charge in [0.15, 0.2) is 0 Å². The maximum absolute atomic E-state index is 13.7. The molecule has 8 heteroatoms. The van der Waals surface area contributed by atoms with Crippen molar-refractivity contribution in [1.29, 1.82) is 0 Å². The summed E-state index contributed by atoms with van der Waals surface area (Å²) in [6.45, 7) is 0.101. The highest BCUT2D eigenvalue weighted by molar-refractivity contribution is 7.91. The van der Waals surface area contributed by atoms with E-state index in [2.05, 4.69) is 5.32 Å². The molecular weight excluding hydrogens is 472 g/mol. The Morgan fingerprint density at radius 3 is 2.50 bits per heavy atom. The zero-order chi connectivity index (χ0) is 23.9. The normalized spacial score (nSPS) is 17.1. The lowest BCUT2D eigenvalue weighted by molar-refractivity contribution is 0.0935.